The fraction of sp³-hybridized carbons (Fsp3) is 0.250. The third-order valence-corrected chi connectivity index (χ3v) is 6.39. The van der Waals surface area contributed by atoms with Crippen LogP contribution in [-0.4, -0.2) is 49.5 Å². The first-order valence-corrected chi connectivity index (χ1v) is 10.9. The molecule has 0 unspecified atom stereocenters. The van der Waals surface area contributed by atoms with Crippen molar-refractivity contribution in [3.05, 3.63) is 66.4 Å². The van der Waals surface area contributed by atoms with E-state index < -0.39 is 15.8 Å². The summed E-state index contributed by atoms with van der Waals surface area (Å²) in [5, 5.41) is 0. The summed E-state index contributed by atoms with van der Waals surface area (Å²) in [4.78, 5) is 17.2. The van der Waals surface area contributed by atoms with E-state index in [1.54, 1.807) is 13.1 Å². The Bertz CT molecular complexity index is 1120. The number of rotatable bonds is 5. The number of aromatic nitrogens is 3. The van der Waals surface area contributed by atoms with E-state index in [2.05, 4.69) is 24.6 Å². The molecule has 3 heterocycles. The van der Waals surface area contributed by atoms with Crippen molar-refractivity contribution >= 4 is 27.5 Å². The van der Waals surface area contributed by atoms with Crippen molar-refractivity contribution in [3.63, 3.8) is 0 Å². The highest BCUT2D eigenvalue weighted by Gasteiger charge is 2.21. The summed E-state index contributed by atoms with van der Waals surface area (Å²) in [7, 11) is -3.86. The fourth-order valence-corrected chi connectivity index (χ4v) is 4.59. The summed E-state index contributed by atoms with van der Waals surface area (Å²) >= 11 is 0. The lowest BCUT2D eigenvalue weighted by atomic mass is 10.2. The van der Waals surface area contributed by atoms with Crippen LogP contribution in [0, 0.1) is 12.7 Å². The second-order valence-electron chi connectivity index (χ2n) is 6.95. The Labute approximate surface area is 174 Å². The molecule has 1 aliphatic heterocycles. The van der Waals surface area contributed by atoms with E-state index in [0.717, 1.165) is 38.1 Å². The van der Waals surface area contributed by atoms with E-state index in [-0.39, 0.29) is 10.6 Å². The zero-order valence-electron chi connectivity index (χ0n) is 16.4. The molecule has 2 aromatic heterocycles. The van der Waals surface area contributed by atoms with Crippen LogP contribution >= 0.6 is 0 Å². The lowest BCUT2D eigenvalue weighted by molar-refractivity contribution is 0.598. The Morgan fingerprint density at radius 1 is 0.967 bits per heavy atom. The molecule has 8 nitrogen and oxygen atoms in total. The molecular weight excluding hydrogens is 407 g/mol. The third kappa shape index (κ3) is 4.33. The van der Waals surface area contributed by atoms with Gasteiger partial charge < -0.3 is 9.80 Å². The maximum Gasteiger partial charge on any atom is 0.262 e. The molecule has 0 atom stereocenters. The normalized spacial score (nSPS) is 14.6. The summed E-state index contributed by atoms with van der Waals surface area (Å²) < 4.78 is 40.9. The van der Waals surface area contributed by atoms with Crippen LogP contribution in [-0.2, 0) is 10.0 Å². The molecule has 4 rings (SSSR count). The number of halogens is 1. The Balaban J connectivity index is 1.41. The SMILES string of the molecule is Cc1cc(F)ccc1S(=O)(=O)Nc1cnc(N2CCN(c3ccccn3)CC2)nc1. The summed E-state index contributed by atoms with van der Waals surface area (Å²) in [6, 6.07) is 9.37. The average molecular weight is 428 g/mol. The molecule has 1 N–H and O–H groups in total. The van der Waals surface area contributed by atoms with Crippen molar-refractivity contribution < 1.29 is 12.8 Å². The van der Waals surface area contributed by atoms with Gasteiger partial charge in [0.2, 0.25) is 5.95 Å². The molecule has 0 radical (unpaired) electrons. The van der Waals surface area contributed by atoms with E-state index >= 15 is 0 Å². The number of hydrogen-bond donors (Lipinski definition) is 1. The number of hydrogen-bond acceptors (Lipinski definition) is 7. The first kappa shape index (κ1) is 20.0. The van der Waals surface area contributed by atoms with Crippen LogP contribution in [0.5, 0.6) is 0 Å². The van der Waals surface area contributed by atoms with E-state index in [1.165, 1.54) is 24.5 Å². The maximum atomic E-state index is 13.3. The maximum absolute atomic E-state index is 13.3. The van der Waals surface area contributed by atoms with Gasteiger partial charge in [-0.25, -0.2) is 27.8 Å². The first-order valence-electron chi connectivity index (χ1n) is 9.44. The van der Waals surface area contributed by atoms with Crippen molar-refractivity contribution in [1.82, 2.24) is 15.0 Å². The number of anilines is 3. The standard InChI is InChI=1S/C20H21FN6O2S/c1-15-12-16(21)5-6-18(15)30(28,29)25-17-13-23-20(24-14-17)27-10-8-26(9-11-27)19-4-2-3-7-22-19/h2-7,12-14,25H,8-11H2,1H3. The highest BCUT2D eigenvalue weighted by atomic mass is 32.2. The molecule has 1 aliphatic rings. The van der Waals surface area contributed by atoms with Gasteiger partial charge in [-0.05, 0) is 42.8 Å². The second-order valence-corrected chi connectivity index (χ2v) is 8.60. The minimum atomic E-state index is -3.86. The molecule has 30 heavy (non-hydrogen) atoms. The number of aryl methyl sites for hydroxylation is 1. The van der Waals surface area contributed by atoms with Crippen molar-refractivity contribution in [1.29, 1.82) is 0 Å². The zero-order chi connectivity index (χ0) is 21.1. The van der Waals surface area contributed by atoms with E-state index in [4.69, 9.17) is 0 Å². The summed E-state index contributed by atoms with van der Waals surface area (Å²) in [6.45, 7) is 4.59. The van der Waals surface area contributed by atoms with Crippen molar-refractivity contribution in [2.24, 2.45) is 0 Å². The van der Waals surface area contributed by atoms with Gasteiger partial charge >= 0.3 is 0 Å². The van der Waals surface area contributed by atoms with Crippen molar-refractivity contribution in [3.8, 4) is 0 Å². The van der Waals surface area contributed by atoms with Crippen LogP contribution in [0.15, 0.2) is 59.9 Å². The molecule has 0 bridgehead atoms. The predicted molar refractivity (Wildman–Crippen MR) is 113 cm³/mol. The van der Waals surface area contributed by atoms with Gasteiger partial charge in [-0.2, -0.15) is 0 Å². The molecule has 0 spiro atoms. The Hall–Kier alpha value is -3.27. The number of piperazine rings is 1. The minimum Gasteiger partial charge on any atom is -0.353 e. The molecular formula is C20H21FN6O2S. The molecule has 1 saturated heterocycles. The van der Waals surface area contributed by atoms with Crippen LogP contribution in [0.2, 0.25) is 0 Å². The number of sulfonamides is 1. The van der Waals surface area contributed by atoms with Gasteiger partial charge in [0.05, 0.1) is 23.0 Å². The monoisotopic (exact) mass is 428 g/mol. The number of benzene rings is 1. The van der Waals surface area contributed by atoms with Gasteiger partial charge in [0.1, 0.15) is 11.6 Å². The quantitative estimate of drug-likeness (QED) is 0.667. The Morgan fingerprint density at radius 3 is 2.30 bits per heavy atom. The van der Waals surface area contributed by atoms with Gasteiger partial charge in [0.15, 0.2) is 0 Å². The predicted octanol–water partition coefficient (Wildman–Crippen LogP) is 2.45. The molecule has 1 aromatic carbocycles. The van der Waals surface area contributed by atoms with Gasteiger partial charge in [-0.3, -0.25) is 4.72 Å². The van der Waals surface area contributed by atoms with Crippen LogP contribution in [0.1, 0.15) is 5.56 Å². The number of pyridine rings is 1. The molecule has 156 valence electrons. The van der Waals surface area contributed by atoms with Crippen LogP contribution in [0.4, 0.5) is 21.8 Å². The minimum absolute atomic E-state index is 0.0126. The van der Waals surface area contributed by atoms with Crippen LogP contribution in [0.25, 0.3) is 0 Å². The summed E-state index contributed by atoms with van der Waals surface area (Å²) in [5.41, 5.74) is 0.570. The van der Waals surface area contributed by atoms with E-state index in [9.17, 15) is 12.8 Å². The largest absolute Gasteiger partial charge is 0.353 e. The smallest absolute Gasteiger partial charge is 0.262 e. The third-order valence-electron chi connectivity index (χ3n) is 4.85. The Kier molecular flexibility index (Phi) is 5.49. The first-order chi connectivity index (χ1) is 14.4. The van der Waals surface area contributed by atoms with Crippen LogP contribution in [0.3, 0.4) is 0 Å². The lowest BCUT2D eigenvalue weighted by Gasteiger charge is -2.35. The molecule has 0 saturated carbocycles. The van der Waals surface area contributed by atoms with Crippen LogP contribution < -0.4 is 14.5 Å². The van der Waals surface area contributed by atoms with Gasteiger partial charge in [0.25, 0.3) is 10.0 Å². The van der Waals surface area contributed by atoms with Crippen molar-refractivity contribution in [2.75, 3.05) is 40.7 Å². The number of nitrogens with one attached hydrogen (secondary N) is 1. The van der Waals surface area contributed by atoms with Gasteiger partial charge in [-0.15, -0.1) is 0 Å². The second kappa shape index (κ2) is 8.23. The van der Waals surface area contributed by atoms with Gasteiger partial charge in [-0.1, -0.05) is 6.07 Å². The summed E-state index contributed by atoms with van der Waals surface area (Å²) in [6.07, 6.45) is 4.64. The molecule has 3 aromatic rings. The zero-order valence-corrected chi connectivity index (χ0v) is 17.2. The highest BCUT2D eigenvalue weighted by molar-refractivity contribution is 7.92. The molecule has 1 fully saturated rings. The highest BCUT2D eigenvalue weighted by Crippen LogP contribution is 2.21. The van der Waals surface area contributed by atoms with E-state index in [1.807, 2.05) is 23.1 Å². The van der Waals surface area contributed by atoms with E-state index in [0.29, 0.717) is 11.5 Å². The van der Waals surface area contributed by atoms with Gasteiger partial charge in [0, 0.05) is 32.4 Å². The topological polar surface area (TPSA) is 91.3 Å². The lowest BCUT2D eigenvalue weighted by Crippen LogP contribution is -2.47. The summed E-state index contributed by atoms with van der Waals surface area (Å²) in [5.74, 6) is 0.998. The fourth-order valence-electron chi connectivity index (χ4n) is 3.34. The Morgan fingerprint density at radius 2 is 1.67 bits per heavy atom. The average Bonchev–Trinajstić information content (AvgIpc) is 2.74. The number of nitrogens with zero attached hydrogens (tertiary/aromatic N) is 5. The molecule has 0 aliphatic carbocycles. The molecule has 10 heteroatoms. The molecule has 0 amide bonds. The van der Waals surface area contributed by atoms with Crippen molar-refractivity contribution in [2.45, 2.75) is 11.8 Å².